The van der Waals surface area contributed by atoms with Gasteiger partial charge in [-0.3, -0.25) is 4.79 Å². The maximum atomic E-state index is 13.0. The molecule has 0 aromatic heterocycles. The Labute approximate surface area is 212 Å². The maximum absolute atomic E-state index is 13.0. The van der Waals surface area contributed by atoms with Crippen LogP contribution in [0, 0.1) is 33.5 Å². The third kappa shape index (κ3) is 2.67. The second kappa shape index (κ2) is 7.85. The van der Waals surface area contributed by atoms with Gasteiger partial charge in [-0.15, -0.1) is 5.92 Å². The van der Waals surface area contributed by atoms with Crippen molar-refractivity contribution in [1.82, 2.24) is 0 Å². The fourth-order valence-electron chi connectivity index (χ4n) is 9.51. The standard InChI is InChI=1S/C29H36O7/c1-25-11-5-6-20-17-35-28(13-8-19-14-24(33)34-16-19)26(2)10-4-3-7-23(32)36-22(15-26)29(20,25)27(28,18-30)21(31)9-12-25/h14,17,21-22,30-31H,3,5-9,11-13,15-16,18H2,1-2H3/t21-,22+,25+,26-,27+,28+,29-/m0/s1. The summed E-state index contributed by atoms with van der Waals surface area (Å²) >= 11 is 0. The molecule has 0 saturated heterocycles. The Morgan fingerprint density at radius 3 is 2.78 bits per heavy atom. The molecule has 0 radical (unpaired) electrons. The zero-order valence-corrected chi connectivity index (χ0v) is 21.2. The minimum atomic E-state index is -1.13. The van der Waals surface area contributed by atoms with Crippen molar-refractivity contribution in [3.8, 4) is 11.8 Å². The van der Waals surface area contributed by atoms with E-state index in [0.717, 1.165) is 36.8 Å². The zero-order chi connectivity index (χ0) is 25.4. The molecule has 194 valence electrons. The minimum absolute atomic E-state index is 0.223. The molecule has 36 heavy (non-hydrogen) atoms. The number of aliphatic hydroxyl groups is 2. The van der Waals surface area contributed by atoms with Gasteiger partial charge in [0.1, 0.15) is 18.3 Å². The number of ether oxygens (including phenoxy) is 3. The number of carbonyl (C=O) groups excluding carboxylic acids is 2. The van der Waals surface area contributed by atoms with Gasteiger partial charge in [-0.25, -0.2) is 4.79 Å². The quantitative estimate of drug-likeness (QED) is 0.455. The number of fused-ring (bicyclic) bond motifs is 3. The van der Waals surface area contributed by atoms with Crippen molar-refractivity contribution < 1.29 is 34.0 Å². The van der Waals surface area contributed by atoms with Crippen molar-refractivity contribution in [1.29, 1.82) is 0 Å². The summed E-state index contributed by atoms with van der Waals surface area (Å²) < 4.78 is 18.4. The van der Waals surface area contributed by atoms with Crippen LogP contribution in [-0.2, 0) is 23.8 Å². The average Bonchev–Trinajstić information content (AvgIpc) is 3.29. The summed E-state index contributed by atoms with van der Waals surface area (Å²) in [6.45, 7) is 4.24. The fraction of sp³-hybridized carbons (Fsp3) is 0.724. The first kappa shape index (κ1) is 24.1. The van der Waals surface area contributed by atoms with Crippen LogP contribution in [0.15, 0.2) is 23.5 Å². The summed E-state index contributed by atoms with van der Waals surface area (Å²) in [5.41, 5.74) is -2.11. The van der Waals surface area contributed by atoms with E-state index in [0.29, 0.717) is 32.1 Å². The molecule has 0 unspecified atom stereocenters. The lowest BCUT2D eigenvalue weighted by molar-refractivity contribution is -0.363. The Hall–Kier alpha value is -2.30. The van der Waals surface area contributed by atoms with E-state index in [-0.39, 0.29) is 37.0 Å². The number of aliphatic hydroxyl groups excluding tert-OH is 2. The van der Waals surface area contributed by atoms with E-state index in [9.17, 15) is 19.8 Å². The average molecular weight is 497 g/mol. The fourth-order valence-corrected chi connectivity index (χ4v) is 9.51. The van der Waals surface area contributed by atoms with E-state index < -0.39 is 34.1 Å². The number of hydrogen-bond acceptors (Lipinski definition) is 7. The van der Waals surface area contributed by atoms with E-state index in [4.69, 9.17) is 14.2 Å². The second-order valence-corrected chi connectivity index (χ2v) is 12.2. The maximum Gasteiger partial charge on any atom is 0.331 e. The molecule has 0 amide bonds. The highest BCUT2D eigenvalue weighted by Crippen LogP contribution is 2.80. The van der Waals surface area contributed by atoms with Crippen LogP contribution >= 0.6 is 0 Å². The van der Waals surface area contributed by atoms with Gasteiger partial charge in [-0.1, -0.05) is 12.8 Å². The molecular weight excluding hydrogens is 460 g/mol. The highest BCUT2D eigenvalue weighted by atomic mass is 16.6. The predicted molar refractivity (Wildman–Crippen MR) is 129 cm³/mol. The van der Waals surface area contributed by atoms with Crippen LogP contribution in [0.2, 0.25) is 0 Å². The first-order chi connectivity index (χ1) is 17.2. The summed E-state index contributed by atoms with van der Waals surface area (Å²) in [5, 5.41) is 23.6. The van der Waals surface area contributed by atoms with E-state index >= 15 is 0 Å². The lowest BCUT2D eigenvalue weighted by atomic mass is 9.28. The number of cyclic esters (lactones) is 1. The third-order valence-corrected chi connectivity index (χ3v) is 10.8. The van der Waals surface area contributed by atoms with Gasteiger partial charge in [0.25, 0.3) is 0 Å². The van der Waals surface area contributed by atoms with Crippen molar-refractivity contribution in [2.45, 2.75) is 95.9 Å². The molecule has 7 nitrogen and oxygen atoms in total. The Morgan fingerprint density at radius 1 is 1.19 bits per heavy atom. The molecule has 1 spiro atoms. The van der Waals surface area contributed by atoms with Crippen LogP contribution in [0.1, 0.15) is 78.1 Å². The first-order valence-electron chi connectivity index (χ1n) is 13.4. The number of esters is 2. The van der Waals surface area contributed by atoms with E-state index in [1.165, 1.54) is 6.08 Å². The Kier molecular flexibility index (Phi) is 5.25. The summed E-state index contributed by atoms with van der Waals surface area (Å²) in [6.07, 6.45) is 8.11. The van der Waals surface area contributed by atoms with Crippen molar-refractivity contribution in [3.63, 3.8) is 0 Å². The molecule has 7 heteroatoms. The normalized spacial score (nSPS) is 46.8. The molecule has 2 N–H and O–H groups in total. The Morgan fingerprint density at radius 2 is 2.03 bits per heavy atom. The van der Waals surface area contributed by atoms with Gasteiger partial charge in [0.05, 0.1) is 41.6 Å². The number of carbonyl (C=O) groups is 2. The summed E-state index contributed by atoms with van der Waals surface area (Å²) in [6, 6.07) is 0. The van der Waals surface area contributed by atoms with Gasteiger partial charge in [0.15, 0.2) is 0 Å². The predicted octanol–water partition coefficient (Wildman–Crippen LogP) is 3.33. The molecule has 3 heterocycles. The Balaban J connectivity index is 1.64. The lowest BCUT2D eigenvalue weighted by Crippen LogP contribution is -2.84. The lowest BCUT2D eigenvalue weighted by Gasteiger charge is -2.78. The van der Waals surface area contributed by atoms with Crippen molar-refractivity contribution >= 4 is 11.9 Å². The van der Waals surface area contributed by atoms with Crippen LogP contribution in [-0.4, -0.2) is 53.2 Å². The van der Waals surface area contributed by atoms with Gasteiger partial charge >= 0.3 is 11.9 Å². The molecule has 6 rings (SSSR count). The molecule has 0 aromatic rings. The van der Waals surface area contributed by atoms with Crippen LogP contribution in [0.25, 0.3) is 0 Å². The molecule has 0 aromatic carbocycles. The van der Waals surface area contributed by atoms with Crippen LogP contribution < -0.4 is 0 Å². The van der Waals surface area contributed by atoms with Crippen LogP contribution in [0.3, 0.4) is 0 Å². The SMILES string of the molecule is C[C@@]12CCCC3=CO[C@@]4(CCC5=CC(=O)OC5)[C@@](CO)([C@@H](O)CC1)[C@]32[C@H]1C[C@]4(C)C#CCCC(=O)O1. The summed E-state index contributed by atoms with van der Waals surface area (Å²) in [4.78, 5) is 24.8. The van der Waals surface area contributed by atoms with E-state index in [2.05, 4.69) is 18.8 Å². The summed E-state index contributed by atoms with van der Waals surface area (Å²) in [5.74, 6) is 6.09. The van der Waals surface area contributed by atoms with E-state index in [1.807, 2.05) is 13.2 Å². The monoisotopic (exact) mass is 496 g/mol. The van der Waals surface area contributed by atoms with Crippen LogP contribution in [0.4, 0.5) is 0 Å². The first-order valence-corrected chi connectivity index (χ1v) is 13.4. The second-order valence-electron chi connectivity index (χ2n) is 12.2. The van der Waals surface area contributed by atoms with Gasteiger partial charge in [0, 0.05) is 18.9 Å². The summed E-state index contributed by atoms with van der Waals surface area (Å²) in [7, 11) is 0. The van der Waals surface area contributed by atoms with Crippen molar-refractivity contribution in [3.05, 3.63) is 23.5 Å². The van der Waals surface area contributed by atoms with Gasteiger partial charge in [-0.2, -0.15) is 0 Å². The van der Waals surface area contributed by atoms with Gasteiger partial charge < -0.3 is 24.4 Å². The van der Waals surface area contributed by atoms with Gasteiger partial charge in [0.2, 0.25) is 0 Å². The smallest absolute Gasteiger partial charge is 0.331 e. The van der Waals surface area contributed by atoms with Crippen molar-refractivity contribution in [2.75, 3.05) is 13.2 Å². The molecule has 3 fully saturated rings. The molecule has 7 atom stereocenters. The topological polar surface area (TPSA) is 102 Å². The number of rotatable bonds is 4. The highest BCUT2D eigenvalue weighted by molar-refractivity contribution is 5.85. The van der Waals surface area contributed by atoms with E-state index in [1.54, 1.807) is 0 Å². The molecule has 3 aliphatic heterocycles. The molecule has 3 saturated carbocycles. The molecular formula is C29H36O7. The zero-order valence-electron chi connectivity index (χ0n) is 21.2. The minimum Gasteiger partial charge on any atom is -0.492 e. The molecule has 3 aliphatic carbocycles. The van der Waals surface area contributed by atoms with Crippen LogP contribution in [0.5, 0.6) is 0 Å². The Bertz CT molecular complexity index is 1130. The largest absolute Gasteiger partial charge is 0.492 e. The van der Waals surface area contributed by atoms with Crippen molar-refractivity contribution in [2.24, 2.45) is 21.7 Å². The highest BCUT2D eigenvalue weighted by Gasteiger charge is 2.85. The molecule has 4 bridgehead atoms. The van der Waals surface area contributed by atoms with Gasteiger partial charge in [-0.05, 0) is 68.4 Å². The number of hydrogen-bond donors (Lipinski definition) is 2. The molecule has 6 aliphatic rings. The third-order valence-electron chi connectivity index (χ3n) is 10.8.